The highest BCUT2D eigenvalue weighted by Crippen LogP contribution is 2.29. The smallest absolute Gasteiger partial charge is 0.346 e. The molecule has 2 aromatic rings. The SMILES string of the molecule is Cc1ccc(C(=O)N[C@H](C)c2ccc(C(F)(F)F)cc2)c(C)c1. The highest BCUT2D eigenvalue weighted by Gasteiger charge is 2.30. The standard InChI is InChI=1S/C18H18F3NO/c1-11-4-9-16(12(2)10-11)17(23)22-13(3)14-5-7-15(8-6-14)18(19,20)21/h4-10,13H,1-3H3,(H,22,23)/t13-/m1/s1. The molecular weight excluding hydrogens is 303 g/mol. The van der Waals surface area contributed by atoms with Crippen molar-refractivity contribution in [3.8, 4) is 0 Å². The summed E-state index contributed by atoms with van der Waals surface area (Å²) < 4.78 is 37.7. The Labute approximate surface area is 133 Å². The molecule has 0 radical (unpaired) electrons. The van der Waals surface area contributed by atoms with E-state index in [0.717, 1.165) is 23.3 Å². The van der Waals surface area contributed by atoms with Crippen molar-refractivity contribution in [1.29, 1.82) is 0 Å². The van der Waals surface area contributed by atoms with E-state index in [4.69, 9.17) is 0 Å². The Morgan fingerprint density at radius 3 is 2.17 bits per heavy atom. The highest BCUT2D eigenvalue weighted by atomic mass is 19.4. The van der Waals surface area contributed by atoms with Crippen LogP contribution in [0.2, 0.25) is 0 Å². The van der Waals surface area contributed by atoms with E-state index in [-0.39, 0.29) is 11.9 Å². The molecule has 0 aliphatic heterocycles. The van der Waals surface area contributed by atoms with Crippen LogP contribution in [0.5, 0.6) is 0 Å². The normalized spacial score (nSPS) is 12.8. The summed E-state index contributed by atoms with van der Waals surface area (Å²) in [6.45, 7) is 5.54. The average Bonchev–Trinajstić information content (AvgIpc) is 2.46. The maximum Gasteiger partial charge on any atom is 0.416 e. The number of carbonyl (C=O) groups is 1. The summed E-state index contributed by atoms with van der Waals surface area (Å²) in [5.41, 5.74) is 2.41. The van der Waals surface area contributed by atoms with Crippen molar-refractivity contribution >= 4 is 5.91 Å². The van der Waals surface area contributed by atoms with Crippen LogP contribution in [-0.2, 0) is 6.18 Å². The molecule has 23 heavy (non-hydrogen) atoms. The summed E-state index contributed by atoms with van der Waals surface area (Å²) in [5.74, 6) is -0.241. The molecule has 122 valence electrons. The second-order valence-electron chi connectivity index (χ2n) is 5.63. The lowest BCUT2D eigenvalue weighted by Gasteiger charge is -2.16. The zero-order valence-corrected chi connectivity index (χ0v) is 13.2. The Bertz CT molecular complexity index is 705. The molecule has 0 aliphatic rings. The molecule has 0 fully saturated rings. The van der Waals surface area contributed by atoms with Crippen molar-refractivity contribution < 1.29 is 18.0 Å². The topological polar surface area (TPSA) is 29.1 Å². The first-order valence-electron chi connectivity index (χ1n) is 7.24. The van der Waals surface area contributed by atoms with Crippen molar-refractivity contribution in [2.45, 2.75) is 33.0 Å². The van der Waals surface area contributed by atoms with Crippen LogP contribution in [0, 0.1) is 13.8 Å². The number of amides is 1. The van der Waals surface area contributed by atoms with Crippen molar-refractivity contribution in [2.24, 2.45) is 0 Å². The van der Waals surface area contributed by atoms with Crippen LogP contribution in [-0.4, -0.2) is 5.91 Å². The molecule has 0 spiro atoms. The van der Waals surface area contributed by atoms with Crippen LogP contribution in [0.1, 0.15) is 45.6 Å². The third-order valence-electron chi connectivity index (χ3n) is 3.71. The Balaban J connectivity index is 2.12. The van der Waals surface area contributed by atoms with Gasteiger partial charge in [-0.05, 0) is 50.1 Å². The molecule has 0 aliphatic carbocycles. The number of halogens is 3. The van der Waals surface area contributed by atoms with Gasteiger partial charge in [0.15, 0.2) is 0 Å². The van der Waals surface area contributed by atoms with Gasteiger partial charge in [-0.3, -0.25) is 4.79 Å². The predicted molar refractivity (Wildman–Crippen MR) is 83.2 cm³/mol. The first-order chi connectivity index (χ1) is 10.7. The van der Waals surface area contributed by atoms with E-state index in [9.17, 15) is 18.0 Å². The first kappa shape index (κ1) is 17.1. The van der Waals surface area contributed by atoms with Crippen LogP contribution in [0.25, 0.3) is 0 Å². The summed E-state index contributed by atoms with van der Waals surface area (Å²) in [6, 6.07) is 9.95. The Morgan fingerprint density at radius 1 is 1.04 bits per heavy atom. The molecular formula is C18H18F3NO. The van der Waals surface area contributed by atoms with Gasteiger partial charge in [0.25, 0.3) is 5.91 Å². The van der Waals surface area contributed by atoms with Gasteiger partial charge in [0.1, 0.15) is 0 Å². The van der Waals surface area contributed by atoms with Gasteiger partial charge in [-0.15, -0.1) is 0 Å². The molecule has 2 aromatic carbocycles. The second kappa shape index (κ2) is 6.44. The molecule has 2 rings (SSSR count). The molecule has 0 bridgehead atoms. The van der Waals surface area contributed by atoms with E-state index >= 15 is 0 Å². The molecule has 0 saturated carbocycles. The number of rotatable bonds is 3. The van der Waals surface area contributed by atoms with E-state index < -0.39 is 11.7 Å². The number of alkyl halides is 3. The lowest BCUT2D eigenvalue weighted by molar-refractivity contribution is -0.137. The molecule has 1 atom stereocenters. The fourth-order valence-corrected chi connectivity index (χ4v) is 2.39. The third-order valence-corrected chi connectivity index (χ3v) is 3.71. The minimum Gasteiger partial charge on any atom is -0.346 e. The van der Waals surface area contributed by atoms with Crippen molar-refractivity contribution in [1.82, 2.24) is 5.32 Å². The zero-order chi connectivity index (χ0) is 17.2. The average molecular weight is 321 g/mol. The van der Waals surface area contributed by atoms with Gasteiger partial charge in [-0.1, -0.05) is 29.8 Å². The number of benzene rings is 2. The van der Waals surface area contributed by atoms with E-state index in [1.165, 1.54) is 12.1 Å². The summed E-state index contributed by atoms with van der Waals surface area (Å²) >= 11 is 0. The number of hydrogen-bond donors (Lipinski definition) is 1. The van der Waals surface area contributed by atoms with Crippen LogP contribution in [0.15, 0.2) is 42.5 Å². The quantitative estimate of drug-likeness (QED) is 0.863. The lowest BCUT2D eigenvalue weighted by atomic mass is 10.0. The maximum absolute atomic E-state index is 12.6. The van der Waals surface area contributed by atoms with Crippen LogP contribution >= 0.6 is 0 Å². The van der Waals surface area contributed by atoms with Crippen LogP contribution < -0.4 is 5.32 Å². The molecule has 2 nitrogen and oxygen atoms in total. The molecule has 1 amide bonds. The minimum atomic E-state index is -4.36. The number of carbonyl (C=O) groups excluding carboxylic acids is 1. The number of hydrogen-bond acceptors (Lipinski definition) is 1. The molecule has 0 heterocycles. The summed E-state index contributed by atoms with van der Waals surface area (Å²) in [5, 5.41) is 2.81. The largest absolute Gasteiger partial charge is 0.416 e. The maximum atomic E-state index is 12.6. The van der Waals surface area contributed by atoms with Crippen molar-refractivity contribution in [2.75, 3.05) is 0 Å². The fraction of sp³-hybridized carbons (Fsp3) is 0.278. The Kier molecular flexibility index (Phi) is 4.78. The summed E-state index contributed by atoms with van der Waals surface area (Å²) in [7, 11) is 0. The van der Waals surface area contributed by atoms with E-state index in [0.29, 0.717) is 11.1 Å². The van der Waals surface area contributed by atoms with Gasteiger partial charge in [-0.2, -0.15) is 13.2 Å². The second-order valence-corrected chi connectivity index (χ2v) is 5.63. The monoisotopic (exact) mass is 321 g/mol. The van der Waals surface area contributed by atoms with Gasteiger partial charge >= 0.3 is 6.18 Å². The molecule has 0 saturated heterocycles. The Hall–Kier alpha value is -2.30. The molecule has 1 N–H and O–H groups in total. The van der Waals surface area contributed by atoms with Gasteiger partial charge in [0.2, 0.25) is 0 Å². The number of aryl methyl sites for hydroxylation is 2. The molecule has 0 aromatic heterocycles. The molecule has 0 unspecified atom stereocenters. The first-order valence-corrected chi connectivity index (χ1v) is 7.24. The summed E-state index contributed by atoms with van der Waals surface area (Å²) in [6.07, 6.45) is -4.36. The third kappa shape index (κ3) is 4.12. The summed E-state index contributed by atoms with van der Waals surface area (Å²) in [4.78, 5) is 12.3. The van der Waals surface area contributed by atoms with Crippen LogP contribution in [0.4, 0.5) is 13.2 Å². The van der Waals surface area contributed by atoms with Crippen molar-refractivity contribution in [3.05, 3.63) is 70.3 Å². The van der Waals surface area contributed by atoms with Crippen molar-refractivity contribution in [3.63, 3.8) is 0 Å². The van der Waals surface area contributed by atoms with Gasteiger partial charge in [0, 0.05) is 5.56 Å². The molecule has 5 heteroatoms. The Morgan fingerprint density at radius 2 is 1.65 bits per heavy atom. The lowest BCUT2D eigenvalue weighted by Crippen LogP contribution is -2.27. The fourth-order valence-electron chi connectivity index (χ4n) is 2.39. The highest BCUT2D eigenvalue weighted by molar-refractivity contribution is 5.95. The van der Waals surface area contributed by atoms with Gasteiger partial charge in [0.05, 0.1) is 11.6 Å². The van der Waals surface area contributed by atoms with E-state index in [1.54, 1.807) is 13.0 Å². The van der Waals surface area contributed by atoms with Gasteiger partial charge < -0.3 is 5.32 Å². The zero-order valence-electron chi connectivity index (χ0n) is 13.2. The van der Waals surface area contributed by atoms with E-state index in [1.807, 2.05) is 26.0 Å². The predicted octanol–water partition coefficient (Wildman–Crippen LogP) is 4.81. The van der Waals surface area contributed by atoms with Crippen LogP contribution in [0.3, 0.4) is 0 Å². The minimum absolute atomic E-state index is 0.241. The van der Waals surface area contributed by atoms with Gasteiger partial charge in [-0.25, -0.2) is 0 Å². The van der Waals surface area contributed by atoms with E-state index in [2.05, 4.69) is 5.32 Å². The number of nitrogens with one attached hydrogen (secondary N) is 1.